The lowest BCUT2D eigenvalue weighted by Gasteiger charge is -2.33. The minimum absolute atomic E-state index is 0.0349. The average Bonchev–Trinajstić information content (AvgIpc) is 3.13. The highest BCUT2D eigenvalue weighted by Crippen LogP contribution is 2.21. The molecule has 1 saturated heterocycles. The summed E-state index contributed by atoms with van der Waals surface area (Å²) < 4.78 is 30.7. The van der Waals surface area contributed by atoms with Gasteiger partial charge in [-0.15, -0.1) is 0 Å². The van der Waals surface area contributed by atoms with Gasteiger partial charge in [-0.1, -0.05) is 12.1 Å². The number of hydrogen-bond acceptors (Lipinski definition) is 7. The molecule has 1 aromatic carbocycles. The molecule has 0 spiro atoms. The molecular weight excluding hydrogens is 394 g/mol. The number of amides is 1. The van der Waals surface area contributed by atoms with E-state index in [1.165, 1.54) is 0 Å². The first-order valence-electron chi connectivity index (χ1n) is 9.18. The van der Waals surface area contributed by atoms with E-state index in [2.05, 4.69) is 14.7 Å². The lowest BCUT2D eigenvalue weighted by molar-refractivity contribution is -0.130. The molecule has 0 aliphatic carbocycles. The first-order valence-corrected chi connectivity index (χ1v) is 11.1. The summed E-state index contributed by atoms with van der Waals surface area (Å²) in [7, 11) is -3.31. The molecule has 0 saturated carbocycles. The van der Waals surface area contributed by atoms with Crippen LogP contribution in [0.25, 0.3) is 11.2 Å². The number of aromatic nitrogens is 2. The number of nitrogens with zero attached hydrogens (tertiary/aromatic N) is 4. The molecule has 0 unspecified atom stereocenters. The van der Waals surface area contributed by atoms with E-state index < -0.39 is 10.0 Å². The zero-order valence-electron chi connectivity index (χ0n) is 15.9. The van der Waals surface area contributed by atoms with Gasteiger partial charge in [-0.25, -0.2) is 13.4 Å². The van der Waals surface area contributed by atoms with Crippen LogP contribution in [0, 0.1) is 0 Å². The molecule has 4 rings (SSSR count). The van der Waals surface area contributed by atoms with Gasteiger partial charge in [0.05, 0.1) is 12.7 Å². The summed E-state index contributed by atoms with van der Waals surface area (Å²) in [6.07, 6.45) is 3.04. The molecule has 3 aromatic rings. The molecule has 152 valence electrons. The molecule has 0 radical (unpaired) electrons. The van der Waals surface area contributed by atoms with E-state index in [4.69, 9.17) is 4.42 Å². The third-order valence-electron chi connectivity index (χ3n) is 4.67. The summed E-state index contributed by atoms with van der Waals surface area (Å²) in [6.45, 7) is 2.43. The molecule has 3 heterocycles. The Kier molecular flexibility index (Phi) is 5.10. The monoisotopic (exact) mass is 415 g/mol. The number of nitrogens with one attached hydrogen (secondary N) is 1. The van der Waals surface area contributed by atoms with Crippen LogP contribution in [0.1, 0.15) is 5.56 Å². The van der Waals surface area contributed by atoms with Gasteiger partial charge in [0.25, 0.3) is 6.01 Å². The molecule has 0 bridgehead atoms. The number of rotatable bonds is 5. The molecule has 1 aliphatic heterocycles. The predicted octanol–water partition coefficient (Wildman–Crippen LogP) is 1.49. The Balaban J connectivity index is 1.33. The van der Waals surface area contributed by atoms with Gasteiger partial charge in [-0.05, 0) is 29.8 Å². The lowest BCUT2D eigenvalue weighted by atomic mass is 10.1. The quantitative estimate of drug-likeness (QED) is 0.672. The second kappa shape index (κ2) is 7.70. The van der Waals surface area contributed by atoms with E-state index >= 15 is 0 Å². The SMILES string of the molecule is CS(=O)(=O)Nc1ccc(CC(=O)N2CCN(c3nc4ncccc4o3)CC2)cc1. The van der Waals surface area contributed by atoms with E-state index in [1.807, 2.05) is 15.9 Å². The summed E-state index contributed by atoms with van der Waals surface area (Å²) in [5, 5.41) is 0. The van der Waals surface area contributed by atoms with Crippen molar-refractivity contribution in [2.24, 2.45) is 0 Å². The third-order valence-corrected chi connectivity index (χ3v) is 5.28. The standard InChI is InChI=1S/C19H21N5O4S/c1-29(26,27)22-15-6-4-14(5-7-15)13-17(25)23-9-11-24(12-10-23)19-21-18-16(28-19)3-2-8-20-18/h2-8,22H,9-13H2,1H3. The second-order valence-electron chi connectivity index (χ2n) is 6.94. The van der Waals surface area contributed by atoms with Crippen molar-refractivity contribution < 1.29 is 17.6 Å². The van der Waals surface area contributed by atoms with E-state index in [-0.39, 0.29) is 12.3 Å². The first kappa shape index (κ1) is 19.2. The Hall–Kier alpha value is -3.14. The van der Waals surface area contributed by atoms with Crippen LogP contribution in [0.15, 0.2) is 47.0 Å². The number of piperazine rings is 1. The molecule has 0 atom stereocenters. The van der Waals surface area contributed by atoms with Gasteiger partial charge in [0.2, 0.25) is 21.6 Å². The van der Waals surface area contributed by atoms with Gasteiger partial charge in [0.1, 0.15) is 0 Å². The number of pyridine rings is 1. The van der Waals surface area contributed by atoms with Gasteiger partial charge in [-0.2, -0.15) is 4.98 Å². The number of sulfonamides is 1. The van der Waals surface area contributed by atoms with Crippen LogP contribution in [-0.4, -0.2) is 61.6 Å². The van der Waals surface area contributed by atoms with Crippen LogP contribution in [0.2, 0.25) is 0 Å². The third kappa shape index (κ3) is 4.65. The number of benzene rings is 1. The number of hydrogen-bond donors (Lipinski definition) is 1. The number of carbonyl (C=O) groups is 1. The molecule has 1 aliphatic rings. The summed E-state index contributed by atoms with van der Waals surface area (Å²) in [5.41, 5.74) is 2.54. The Morgan fingerprint density at radius 2 is 1.86 bits per heavy atom. The van der Waals surface area contributed by atoms with Crippen molar-refractivity contribution in [2.75, 3.05) is 42.1 Å². The van der Waals surface area contributed by atoms with Crippen LogP contribution >= 0.6 is 0 Å². The molecule has 29 heavy (non-hydrogen) atoms. The van der Waals surface area contributed by atoms with Crippen molar-refractivity contribution in [1.82, 2.24) is 14.9 Å². The smallest absolute Gasteiger partial charge is 0.300 e. The number of anilines is 2. The second-order valence-corrected chi connectivity index (χ2v) is 8.69. The fourth-order valence-corrected chi connectivity index (χ4v) is 3.80. The Bertz CT molecular complexity index is 1090. The maximum atomic E-state index is 12.6. The van der Waals surface area contributed by atoms with Crippen LogP contribution in [-0.2, 0) is 21.2 Å². The first-order chi connectivity index (χ1) is 13.9. The topological polar surface area (TPSA) is 109 Å². The number of oxazole rings is 1. The minimum atomic E-state index is -3.31. The van der Waals surface area contributed by atoms with Crippen molar-refractivity contribution in [3.63, 3.8) is 0 Å². The summed E-state index contributed by atoms with van der Waals surface area (Å²) in [5.74, 6) is 0.0349. The zero-order valence-corrected chi connectivity index (χ0v) is 16.7. The molecule has 2 aromatic heterocycles. The minimum Gasteiger partial charge on any atom is -0.422 e. The molecule has 9 nitrogen and oxygen atoms in total. The molecular formula is C19H21N5O4S. The molecule has 1 amide bonds. The maximum absolute atomic E-state index is 12.6. The Morgan fingerprint density at radius 1 is 1.14 bits per heavy atom. The largest absolute Gasteiger partial charge is 0.422 e. The summed E-state index contributed by atoms with van der Waals surface area (Å²) in [6, 6.07) is 11.0. The van der Waals surface area contributed by atoms with Gasteiger partial charge in [-0.3, -0.25) is 9.52 Å². The number of fused-ring (bicyclic) bond motifs is 1. The zero-order chi connectivity index (χ0) is 20.4. The van der Waals surface area contributed by atoms with Crippen molar-refractivity contribution >= 4 is 38.9 Å². The van der Waals surface area contributed by atoms with Gasteiger partial charge in [0.15, 0.2) is 5.58 Å². The van der Waals surface area contributed by atoms with E-state index in [0.29, 0.717) is 49.1 Å². The van der Waals surface area contributed by atoms with Crippen LogP contribution in [0.3, 0.4) is 0 Å². The average molecular weight is 415 g/mol. The van der Waals surface area contributed by atoms with Crippen LogP contribution in [0.5, 0.6) is 0 Å². The van der Waals surface area contributed by atoms with Gasteiger partial charge in [0, 0.05) is 38.1 Å². The Morgan fingerprint density at radius 3 is 2.52 bits per heavy atom. The fraction of sp³-hybridized carbons (Fsp3) is 0.316. The van der Waals surface area contributed by atoms with Crippen molar-refractivity contribution in [2.45, 2.75) is 6.42 Å². The van der Waals surface area contributed by atoms with E-state index in [9.17, 15) is 13.2 Å². The maximum Gasteiger partial charge on any atom is 0.300 e. The highest BCUT2D eigenvalue weighted by molar-refractivity contribution is 7.92. The van der Waals surface area contributed by atoms with E-state index in [1.54, 1.807) is 36.5 Å². The molecule has 1 fully saturated rings. The van der Waals surface area contributed by atoms with Gasteiger partial charge >= 0.3 is 0 Å². The molecule has 10 heteroatoms. The molecule has 1 N–H and O–H groups in total. The lowest BCUT2D eigenvalue weighted by Crippen LogP contribution is -2.49. The van der Waals surface area contributed by atoms with Gasteiger partial charge < -0.3 is 14.2 Å². The van der Waals surface area contributed by atoms with Crippen LogP contribution < -0.4 is 9.62 Å². The Labute approximate surface area is 168 Å². The van der Waals surface area contributed by atoms with Crippen molar-refractivity contribution in [3.8, 4) is 0 Å². The number of carbonyl (C=O) groups excluding carboxylic acids is 1. The summed E-state index contributed by atoms with van der Waals surface area (Å²) >= 11 is 0. The van der Waals surface area contributed by atoms with Crippen molar-refractivity contribution in [1.29, 1.82) is 0 Å². The highest BCUT2D eigenvalue weighted by atomic mass is 32.2. The van der Waals surface area contributed by atoms with Crippen LogP contribution in [0.4, 0.5) is 11.7 Å². The van der Waals surface area contributed by atoms with Crippen molar-refractivity contribution in [3.05, 3.63) is 48.2 Å². The normalized spacial score (nSPS) is 14.9. The summed E-state index contributed by atoms with van der Waals surface area (Å²) in [4.78, 5) is 25.0. The predicted molar refractivity (Wildman–Crippen MR) is 109 cm³/mol. The van der Waals surface area contributed by atoms with E-state index in [0.717, 1.165) is 11.8 Å². The fourth-order valence-electron chi connectivity index (χ4n) is 3.23. The highest BCUT2D eigenvalue weighted by Gasteiger charge is 2.24.